The number of aromatic nitrogens is 3. The van der Waals surface area contributed by atoms with Gasteiger partial charge in [-0.1, -0.05) is 0 Å². The number of oxazole rings is 1. The Morgan fingerprint density at radius 3 is 2.94 bits per heavy atom. The first-order valence-corrected chi connectivity index (χ1v) is 4.85. The van der Waals surface area contributed by atoms with E-state index in [-0.39, 0.29) is 11.7 Å². The van der Waals surface area contributed by atoms with Crippen LogP contribution in [0.3, 0.4) is 0 Å². The van der Waals surface area contributed by atoms with Crippen molar-refractivity contribution in [1.82, 2.24) is 20.5 Å². The van der Waals surface area contributed by atoms with Crippen LogP contribution in [0.1, 0.15) is 27.5 Å². The molecular weight excluding hydrogens is 208 g/mol. The number of amides is 1. The molecule has 0 aliphatic carbocycles. The van der Waals surface area contributed by atoms with Crippen molar-refractivity contribution in [3.8, 4) is 0 Å². The van der Waals surface area contributed by atoms with E-state index in [9.17, 15) is 4.79 Å². The van der Waals surface area contributed by atoms with Crippen LogP contribution in [-0.2, 0) is 6.54 Å². The first-order valence-electron chi connectivity index (χ1n) is 4.85. The largest absolute Gasteiger partial charge is 0.438 e. The molecule has 6 heteroatoms. The predicted octanol–water partition coefficient (Wildman–Crippen LogP) is 0.945. The standard InChI is InChI=1S/C10H12N4O2/c1-6-8(4-13-14-6)3-11-10(15)9-7(2)12-5-16-9/h4-5H,3H2,1-2H3,(H,11,15)(H,13,14). The van der Waals surface area contributed by atoms with Gasteiger partial charge < -0.3 is 9.73 Å². The third-order valence-electron chi connectivity index (χ3n) is 2.33. The molecule has 84 valence electrons. The number of rotatable bonds is 3. The van der Waals surface area contributed by atoms with Gasteiger partial charge in [0, 0.05) is 17.8 Å². The molecule has 0 atom stereocenters. The molecule has 0 saturated carbocycles. The number of H-pyrrole nitrogens is 1. The number of nitrogens with one attached hydrogen (secondary N) is 2. The Hall–Kier alpha value is -2.11. The van der Waals surface area contributed by atoms with Gasteiger partial charge in [-0.05, 0) is 13.8 Å². The summed E-state index contributed by atoms with van der Waals surface area (Å²) in [7, 11) is 0. The molecule has 0 fully saturated rings. The topological polar surface area (TPSA) is 83.8 Å². The van der Waals surface area contributed by atoms with Gasteiger partial charge in [0.15, 0.2) is 6.39 Å². The second-order valence-corrected chi connectivity index (χ2v) is 3.47. The van der Waals surface area contributed by atoms with E-state index < -0.39 is 0 Å². The Morgan fingerprint density at radius 1 is 1.56 bits per heavy atom. The van der Waals surface area contributed by atoms with Crippen LogP contribution in [0.4, 0.5) is 0 Å². The SMILES string of the molecule is Cc1ncoc1C(=O)NCc1cn[nH]c1C. The zero-order valence-corrected chi connectivity index (χ0v) is 9.07. The number of nitrogens with zero attached hydrogens (tertiary/aromatic N) is 2. The van der Waals surface area contributed by atoms with E-state index in [0.717, 1.165) is 11.3 Å². The van der Waals surface area contributed by atoms with Gasteiger partial charge in [-0.2, -0.15) is 5.10 Å². The molecule has 16 heavy (non-hydrogen) atoms. The van der Waals surface area contributed by atoms with Crippen molar-refractivity contribution in [1.29, 1.82) is 0 Å². The Balaban J connectivity index is 1.99. The van der Waals surface area contributed by atoms with Gasteiger partial charge in [0.05, 0.1) is 11.9 Å². The van der Waals surface area contributed by atoms with Crippen LogP contribution >= 0.6 is 0 Å². The van der Waals surface area contributed by atoms with Gasteiger partial charge in [-0.3, -0.25) is 9.89 Å². The fraction of sp³-hybridized carbons (Fsp3) is 0.300. The average Bonchev–Trinajstić information content (AvgIpc) is 2.84. The summed E-state index contributed by atoms with van der Waals surface area (Å²) in [5.41, 5.74) is 2.47. The van der Waals surface area contributed by atoms with Crippen LogP contribution in [0.2, 0.25) is 0 Å². The minimum Gasteiger partial charge on any atom is -0.438 e. The lowest BCUT2D eigenvalue weighted by molar-refractivity contribution is 0.0922. The predicted molar refractivity (Wildman–Crippen MR) is 55.7 cm³/mol. The first kappa shape index (κ1) is 10.4. The highest BCUT2D eigenvalue weighted by Gasteiger charge is 2.13. The molecule has 0 aromatic carbocycles. The maximum Gasteiger partial charge on any atom is 0.289 e. The van der Waals surface area contributed by atoms with Crippen LogP contribution in [-0.4, -0.2) is 21.1 Å². The van der Waals surface area contributed by atoms with E-state index in [1.165, 1.54) is 6.39 Å². The summed E-state index contributed by atoms with van der Waals surface area (Å²) in [6.07, 6.45) is 2.94. The molecule has 0 unspecified atom stereocenters. The minimum absolute atomic E-state index is 0.251. The smallest absolute Gasteiger partial charge is 0.289 e. The number of aryl methyl sites for hydroxylation is 2. The molecule has 2 rings (SSSR count). The molecule has 0 saturated heterocycles. The molecule has 0 bridgehead atoms. The monoisotopic (exact) mass is 220 g/mol. The quantitative estimate of drug-likeness (QED) is 0.806. The van der Waals surface area contributed by atoms with E-state index in [4.69, 9.17) is 4.42 Å². The van der Waals surface area contributed by atoms with Crippen molar-refractivity contribution < 1.29 is 9.21 Å². The fourth-order valence-corrected chi connectivity index (χ4v) is 1.33. The number of carbonyl (C=O) groups is 1. The number of hydrogen-bond donors (Lipinski definition) is 2. The number of aromatic amines is 1. The maximum absolute atomic E-state index is 11.7. The Morgan fingerprint density at radius 2 is 2.38 bits per heavy atom. The molecule has 2 N–H and O–H groups in total. The van der Waals surface area contributed by atoms with Gasteiger partial charge >= 0.3 is 0 Å². The molecule has 0 aliphatic heterocycles. The zero-order chi connectivity index (χ0) is 11.5. The van der Waals surface area contributed by atoms with Crippen molar-refractivity contribution in [3.05, 3.63) is 35.3 Å². The highest BCUT2D eigenvalue weighted by atomic mass is 16.3. The number of carbonyl (C=O) groups excluding carboxylic acids is 1. The molecule has 6 nitrogen and oxygen atoms in total. The van der Waals surface area contributed by atoms with Gasteiger partial charge in [-0.15, -0.1) is 0 Å². The van der Waals surface area contributed by atoms with Crippen molar-refractivity contribution in [2.45, 2.75) is 20.4 Å². The summed E-state index contributed by atoms with van der Waals surface area (Å²) >= 11 is 0. The lowest BCUT2D eigenvalue weighted by atomic mass is 10.2. The molecule has 2 aromatic heterocycles. The Kier molecular flexibility index (Phi) is 2.72. The Labute approximate surface area is 92.1 Å². The third-order valence-corrected chi connectivity index (χ3v) is 2.33. The minimum atomic E-state index is -0.268. The van der Waals surface area contributed by atoms with Crippen LogP contribution in [0, 0.1) is 13.8 Å². The molecule has 2 aromatic rings. The highest BCUT2D eigenvalue weighted by Crippen LogP contribution is 2.06. The summed E-state index contributed by atoms with van der Waals surface area (Å²) in [6.45, 7) is 4.04. The normalized spacial score (nSPS) is 10.4. The van der Waals surface area contributed by atoms with Gasteiger partial charge in [0.2, 0.25) is 5.76 Å². The molecule has 1 amide bonds. The van der Waals surface area contributed by atoms with Crippen molar-refractivity contribution in [2.24, 2.45) is 0 Å². The molecular formula is C10H12N4O2. The molecule has 0 spiro atoms. The first-order chi connectivity index (χ1) is 7.68. The second-order valence-electron chi connectivity index (χ2n) is 3.47. The Bertz CT molecular complexity index is 500. The van der Waals surface area contributed by atoms with E-state index in [0.29, 0.717) is 12.2 Å². The summed E-state index contributed by atoms with van der Waals surface area (Å²) in [5.74, 6) is -0.0169. The third kappa shape index (κ3) is 1.95. The molecule has 0 aliphatic rings. The van der Waals surface area contributed by atoms with Crippen LogP contribution in [0.25, 0.3) is 0 Å². The van der Waals surface area contributed by atoms with E-state index >= 15 is 0 Å². The van der Waals surface area contributed by atoms with Crippen LogP contribution in [0.5, 0.6) is 0 Å². The fourth-order valence-electron chi connectivity index (χ4n) is 1.33. The number of hydrogen-bond acceptors (Lipinski definition) is 4. The summed E-state index contributed by atoms with van der Waals surface area (Å²) < 4.78 is 4.98. The van der Waals surface area contributed by atoms with Gasteiger partial charge in [0.25, 0.3) is 5.91 Å². The van der Waals surface area contributed by atoms with E-state index in [1.54, 1.807) is 13.1 Å². The van der Waals surface area contributed by atoms with Gasteiger partial charge in [-0.25, -0.2) is 4.98 Å². The zero-order valence-electron chi connectivity index (χ0n) is 9.07. The second kappa shape index (κ2) is 4.18. The van der Waals surface area contributed by atoms with Crippen molar-refractivity contribution in [3.63, 3.8) is 0 Å². The molecule has 0 radical (unpaired) electrons. The highest BCUT2D eigenvalue weighted by molar-refractivity contribution is 5.92. The summed E-state index contributed by atoms with van der Waals surface area (Å²) in [6, 6.07) is 0. The van der Waals surface area contributed by atoms with Crippen molar-refractivity contribution in [2.75, 3.05) is 0 Å². The lowest BCUT2D eigenvalue weighted by Crippen LogP contribution is -2.23. The summed E-state index contributed by atoms with van der Waals surface area (Å²) in [5, 5.41) is 9.41. The van der Waals surface area contributed by atoms with E-state index in [1.807, 2.05) is 6.92 Å². The summed E-state index contributed by atoms with van der Waals surface area (Å²) in [4.78, 5) is 15.5. The van der Waals surface area contributed by atoms with Crippen LogP contribution in [0.15, 0.2) is 17.0 Å². The van der Waals surface area contributed by atoms with Gasteiger partial charge in [0.1, 0.15) is 0 Å². The average molecular weight is 220 g/mol. The van der Waals surface area contributed by atoms with Crippen molar-refractivity contribution >= 4 is 5.91 Å². The van der Waals surface area contributed by atoms with Crippen LogP contribution < -0.4 is 5.32 Å². The molecule has 2 heterocycles. The lowest BCUT2D eigenvalue weighted by Gasteiger charge is -2.01. The maximum atomic E-state index is 11.7. The van der Waals surface area contributed by atoms with E-state index in [2.05, 4.69) is 20.5 Å².